The molecule has 0 saturated heterocycles. The maximum atomic E-state index is 13.3. The maximum absolute atomic E-state index is 13.3. The Morgan fingerprint density at radius 1 is 1.16 bits per heavy atom. The first-order valence-electron chi connectivity index (χ1n) is 8.92. The monoisotopic (exact) mass is 486 g/mol. The number of primary amides is 1. The van der Waals surface area contributed by atoms with Gasteiger partial charge in [-0.3, -0.25) is 9.59 Å². The minimum Gasteiger partial charge on any atom is -0.382 e. The molecule has 1 heterocycles. The fourth-order valence-electron chi connectivity index (χ4n) is 2.83. The van der Waals surface area contributed by atoms with E-state index in [1.165, 1.54) is 24.0 Å². The van der Waals surface area contributed by atoms with E-state index in [0.717, 1.165) is 35.6 Å². The van der Waals surface area contributed by atoms with Crippen molar-refractivity contribution in [1.29, 1.82) is 0 Å². The quantitative estimate of drug-likeness (QED) is 0.385. The van der Waals surface area contributed by atoms with E-state index in [0.29, 0.717) is 11.8 Å². The van der Waals surface area contributed by atoms with Gasteiger partial charge in [0.2, 0.25) is 11.7 Å². The number of amides is 1. The summed E-state index contributed by atoms with van der Waals surface area (Å²) in [6.45, 7) is 1.47. The highest BCUT2D eigenvalue weighted by Crippen LogP contribution is 2.38. The Kier molecular flexibility index (Phi) is 6.42. The largest absolute Gasteiger partial charge is 0.417 e. The van der Waals surface area contributed by atoms with Crippen molar-refractivity contribution in [3.8, 4) is 0 Å². The van der Waals surface area contributed by atoms with E-state index in [1.807, 2.05) is 0 Å². The molecule has 0 fully saturated rings. The second kappa shape index (κ2) is 8.75. The summed E-state index contributed by atoms with van der Waals surface area (Å²) in [6.07, 6.45) is -4.76. The summed E-state index contributed by atoms with van der Waals surface area (Å²) >= 11 is 6.37. The molecule has 6 nitrogen and oxygen atoms in total. The summed E-state index contributed by atoms with van der Waals surface area (Å²) in [5.41, 5.74) is 10.2. The summed E-state index contributed by atoms with van der Waals surface area (Å²) in [5.74, 6) is -2.30. The van der Waals surface area contributed by atoms with Gasteiger partial charge in [0, 0.05) is 11.3 Å². The lowest BCUT2D eigenvalue weighted by molar-refractivity contribution is -0.137. The topological polar surface area (TPSA) is 102 Å². The van der Waals surface area contributed by atoms with E-state index in [2.05, 4.69) is 4.98 Å². The lowest BCUT2D eigenvalue weighted by atomic mass is 10.1. The van der Waals surface area contributed by atoms with E-state index >= 15 is 0 Å². The van der Waals surface area contributed by atoms with Crippen LogP contribution in [-0.4, -0.2) is 22.7 Å². The van der Waals surface area contributed by atoms with Gasteiger partial charge in [0.1, 0.15) is 22.6 Å². The third-order valence-corrected chi connectivity index (χ3v) is 5.89. The third kappa shape index (κ3) is 4.68. The minimum absolute atomic E-state index is 0.0776. The normalized spacial score (nSPS) is 12.4. The SMILES string of the molecule is C[C@H](C(N)=O)N(c1ccc(F)cc1)c1nc(N)c(C(=O)c2ccc(Cl)c(C(F)(F)F)c2)s1. The number of nitrogens with zero attached hydrogens (tertiary/aromatic N) is 2. The molecule has 0 bridgehead atoms. The summed E-state index contributed by atoms with van der Waals surface area (Å²) in [4.78, 5) is 30.0. The lowest BCUT2D eigenvalue weighted by Gasteiger charge is -2.26. The summed E-state index contributed by atoms with van der Waals surface area (Å²) in [6, 6.07) is 6.86. The van der Waals surface area contributed by atoms with Crippen molar-refractivity contribution in [2.75, 3.05) is 10.6 Å². The highest BCUT2D eigenvalue weighted by atomic mass is 35.5. The van der Waals surface area contributed by atoms with Gasteiger partial charge in [0.25, 0.3) is 0 Å². The number of halogens is 5. The third-order valence-electron chi connectivity index (χ3n) is 4.49. The van der Waals surface area contributed by atoms with Crippen LogP contribution in [0.25, 0.3) is 0 Å². The summed E-state index contributed by atoms with van der Waals surface area (Å²) in [7, 11) is 0. The fraction of sp³-hybridized carbons (Fsp3) is 0.150. The summed E-state index contributed by atoms with van der Waals surface area (Å²) in [5, 5.41) is -0.474. The number of hydrogen-bond acceptors (Lipinski definition) is 6. The molecule has 3 rings (SSSR count). The van der Waals surface area contributed by atoms with Crippen LogP contribution in [0.1, 0.15) is 27.7 Å². The van der Waals surface area contributed by atoms with Gasteiger partial charge in [-0.05, 0) is 49.4 Å². The van der Waals surface area contributed by atoms with Crippen molar-refractivity contribution in [1.82, 2.24) is 4.98 Å². The van der Waals surface area contributed by atoms with Crippen molar-refractivity contribution in [2.45, 2.75) is 19.1 Å². The number of hydrogen-bond donors (Lipinski definition) is 2. The molecule has 0 unspecified atom stereocenters. The van der Waals surface area contributed by atoms with Gasteiger partial charge in [0.15, 0.2) is 5.13 Å². The van der Waals surface area contributed by atoms with Gasteiger partial charge in [-0.2, -0.15) is 13.2 Å². The van der Waals surface area contributed by atoms with Crippen LogP contribution in [0.5, 0.6) is 0 Å². The molecule has 0 saturated carbocycles. The molecule has 0 radical (unpaired) electrons. The predicted octanol–water partition coefficient (Wildman–Crippen LogP) is 4.78. The number of ketones is 1. The first-order valence-corrected chi connectivity index (χ1v) is 10.1. The Balaban J connectivity index is 2.06. The molecule has 1 aromatic heterocycles. The van der Waals surface area contributed by atoms with Crippen molar-refractivity contribution in [3.63, 3.8) is 0 Å². The molecule has 2 aromatic carbocycles. The standard InChI is InChI=1S/C20H15ClF4N4O2S/c1-9(18(27)31)29(12-5-3-11(22)4-6-12)19-28-17(26)16(32-19)15(30)10-2-7-14(21)13(8-10)20(23,24)25/h2-9H,26H2,1H3,(H2,27,31)/t9-/m1/s1. The summed E-state index contributed by atoms with van der Waals surface area (Å²) < 4.78 is 52.8. The number of carbonyl (C=O) groups excluding carboxylic acids is 2. The van der Waals surface area contributed by atoms with Crippen molar-refractivity contribution < 1.29 is 27.2 Å². The van der Waals surface area contributed by atoms with Crippen LogP contribution in [-0.2, 0) is 11.0 Å². The zero-order chi connectivity index (χ0) is 23.8. The Bertz CT molecular complexity index is 1180. The van der Waals surface area contributed by atoms with Crippen LogP contribution >= 0.6 is 22.9 Å². The first kappa shape index (κ1) is 23.5. The average molecular weight is 487 g/mol. The Labute approximate surface area is 188 Å². The van der Waals surface area contributed by atoms with Gasteiger partial charge in [-0.25, -0.2) is 9.37 Å². The molecule has 12 heteroatoms. The average Bonchev–Trinajstić information content (AvgIpc) is 3.09. The maximum Gasteiger partial charge on any atom is 0.417 e. The number of alkyl halides is 3. The number of carbonyl (C=O) groups is 2. The molecule has 1 amide bonds. The van der Waals surface area contributed by atoms with Crippen molar-refractivity contribution >= 4 is 51.3 Å². The van der Waals surface area contributed by atoms with Crippen molar-refractivity contribution in [2.24, 2.45) is 5.73 Å². The predicted molar refractivity (Wildman–Crippen MR) is 114 cm³/mol. The molecule has 0 aliphatic carbocycles. The highest BCUT2D eigenvalue weighted by Gasteiger charge is 2.34. The van der Waals surface area contributed by atoms with Gasteiger partial charge < -0.3 is 16.4 Å². The molecule has 32 heavy (non-hydrogen) atoms. The van der Waals surface area contributed by atoms with Crippen LogP contribution in [0.2, 0.25) is 5.02 Å². The van der Waals surface area contributed by atoms with Crippen LogP contribution in [0.4, 0.5) is 34.2 Å². The molecular weight excluding hydrogens is 472 g/mol. The van der Waals surface area contributed by atoms with E-state index in [-0.39, 0.29) is 21.4 Å². The van der Waals surface area contributed by atoms with Gasteiger partial charge in [-0.15, -0.1) is 0 Å². The number of nitrogens with two attached hydrogens (primary N) is 2. The number of rotatable bonds is 6. The van der Waals surface area contributed by atoms with E-state index in [9.17, 15) is 27.2 Å². The second-order valence-corrected chi connectivity index (χ2v) is 8.04. The van der Waals surface area contributed by atoms with Gasteiger partial charge in [0.05, 0.1) is 10.6 Å². The number of anilines is 3. The molecular formula is C20H15ClF4N4O2S. The zero-order valence-corrected chi connectivity index (χ0v) is 17.9. The van der Waals surface area contributed by atoms with E-state index < -0.39 is 40.3 Å². The zero-order valence-electron chi connectivity index (χ0n) is 16.3. The molecule has 4 N–H and O–H groups in total. The Morgan fingerprint density at radius 3 is 2.34 bits per heavy atom. The molecule has 3 aromatic rings. The van der Waals surface area contributed by atoms with Gasteiger partial charge in [-0.1, -0.05) is 22.9 Å². The number of benzene rings is 2. The van der Waals surface area contributed by atoms with Crippen LogP contribution in [0.3, 0.4) is 0 Å². The van der Waals surface area contributed by atoms with Crippen molar-refractivity contribution in [3.05, 3.63) is 69.3 Å². The molecule has 1 atom stereocenters. The van der Waals surface area contributed by atoms with Gasteiger partial charge >= 0.3 is 6.18 Å². The van der Waals surface area contributed by atoms with Crippen LogP contribution in [0.15, 0.2) is 42.5 Å². The molecule has 0 aliphatic rings. The number of aromatic nitrogens is 1. The van der Waals surface area contributed by atoms with Crippen LogP contribution < -0.4 is 16.4 Å². The highest BCUT2D eigenvalue weighted by molar-refractivity contribution is 7.18. The molecule has 0 spiro atoms. The number of thiazole rings is 1. The fourth-order valence-corrected chi connectivity index (χ4v) is 4.10. The van der Waals surface area contributed by atoms with E-state index in [1.54, 1.807) is 0 Å². The first-order chi connectivity index (χ1) is 14.9. The lowest BCUT2D eigenvalue weighted by Crippen LogP contribution is -2.39. The smallest absolute Gasteiger partial charge is 0.382 e. The van der Waals surface area contributed by atoms with Crippen LogP contribution in [0, 0.1) is 5.82 Å². The van der Waals surface area contributed by atoms with E-state index in [4.69, 9.17) is 23.1 Å². The number of nitrogen functional groups attached to an aromatic ring is 1. The minimum atomic E-state index is -4.76. The Hall–Kier alpha value is -3.18. The Morgan fingerprint density at radius 2 is 1.78 bits per heavy atom. The molecule has 0 aliphatic heterocycles. The second-order valence-electron chi connectivity index (χ2n) is 6.66. The molecule has 168 valence electrons.